The first kappa shape index (κ1) is 16.9. The van der Waals surface area contributed by atoms with E-state index in [1.165, 1.54) is 0 Å². The van der Waals surface area contributed by atoms with Crippen molar-refractivity contribution in [2.45, 2.75) is 25.8 Å². The van der Waals surface area contributed by atoms with Gasteiger partial charge in [0.1, 0.15) is 0 Å². The predicted molar refractivity (Wildman–Crippen MR) is 97.0 cm³/mol. The summed E-state index contributed by atoms with van der Waals surface area (Å²) >= 11 is 0. The van der Waals surface area contributed by atoms with Crippen LogP contribution in [0.5, 0.6) is 0 Å². The Hall–Kier alpha value is -2.95. The van der Waals surface area contributed by atoms with Gasteiger partial charge in [0.25, 0.3) is 5.91 Å². The molecule has 25 heavy (non-hydrogen) atoms. The molecular weight excluding hydrogens is 314 g/mol. The van der Waals surface area contributed by atoms with Gasteiger partial charge in [0, 0.05) is 36.1 Å². The summed E-state index contributed by atoms with van der Waals surface area (Å²) in [4.78, 5) is 28.2. The Morgan fingerprint density at radius 1 is 1.04 bits per heavy atom. The quantitative estimate of drug-likeness (QED) is 0.824. The minimum Gasteiger partial charge on any atom is -0.352 e. The predicted octanol–water partition coefficient (Wildman–Crippen LogP) is 3.31. The van der Waals surface area contributed by atoms with E-state index in [1.807, 2.05) is 12.1 Å². The van der Waals surface area contributed by atoms with E-state index in [4.69, 9.17) is 0 Å². The molecule has 0 bridgehead atoms. The lowest BCUT2D eigenvalue weighted by Gasteiger charge is -2.17. The molecule has 1 atom stereocenters. The largest absolute Gasteiger partial charge is 0.352 e. The Morgan fingerprint density at radius 2 is 1.80 bits per heavy atom. The number of allylic oxidation sites excluding steroid dienone is 2. The number of anilines is 1. The number of nitrogens with one attached hydrogen (secondary N) is 2. The van der Waals surface area contributed by atoms with Crippen LogP contribution >= 0.6 is 0 Å². The van der Waals surface area contributed by atoms with E-state index in [-0.39, 0.29) is 17.7 Å². The fourth-order valence-electron chi connectivity index (χ4n) is 2.78. The van der Waals surface area contributed by atoms with E-state index in [9.17, 15) is 9.59 Å². The average molecular weight is 335 g/mol. The first-order chi connectivity index (χ1) is 12.2. The summed E-state index contributed by atoms with van der Waals surface area (Å²) in [6, 6.07) is 10.7. The number of rotatable bonds is 5. The monoisotopic (exact) mass is 335 g/mol. The molecule has 0 aliphatic heterocycles. The summed E-state index contributed by atoms with van der Waals surface area (Å²) in [5.41, 5.74) is 2.25. The summed E-state index contributed by atoms with van der Waals surface area (Å²) < 4.78 is 0. The van der Waals surface area contributed by atoms with Crippen molar-refractivity contribution in [3.63, 3.8) is 0 Å². The Morgan fingerprint density at radius 3 is 2.48 bits per heavy atom. The van der Waals surface area contributed by atoms with E-state index < -0.39 is 0 Å². The van der Waals surface area contributed by atoms with Crippen molar-refractivity contribution in [1.82, 2.24) is 10.3 Å². The van der Waals surface area contributed by atoms with E-state index in [1.54, 1.807) is 36.7 Å². The third kappa shape index (κ3) is 4.76. The highest BCUT2D eigenvalue weighted by Gasteiger charge is 2.18. The molecule has 2 aromatic rings. The maximum Gasteiger partial charge on any atom is 0.255 e. The smallest absolute Gasteiger partial charge is 0.255 e. The van der Waals surface area contributed by atoms with Crippen LogP contribution in [0.3, 0.4) is 0 Å². The Kier molecular flexibility index (Phi) is 5.57. The fourth-order valence-corrected chi connectivity index (χ4v) is 2.78. The highest BCUT2D eigenvalue weighted by molar-refractivity contribution is 6.04. The third-order valence-electron chi connectivity index (χ3n) is 4.26. The minimum atomic E-state index is -0.171. The van der Waals surface area contributed by atoms with Crippen LogP contribution in [0, 0.1) is 5.92 Å². The normalized spacial score (nSPS) is 16.2. The Balaban J connectivity index is 1.52. The lowest BCUT2D eigenvalue weighted by molar-refractivity contribution is -0.125. The number of pyridine rings is 1. The number of hydrogen-bond acceptors (Lipinski definition) is 3. The Labute approximate surface area is 147 Å². The molecule has 1 aliphatic rings. The van der Waals surface area contributed by atoms with Gasteiger partial charge in [-0.05, 0) is 49.1 Å². The fraction of sp³-hybridized carbons (Fsp3) is 0.250. The first-order valence-corrected chi connectivity index (χ1v) is 8.45. The van der Waals surface area contributed by atoms with Gasteiger partial charge < -0.3 is 10.6 Å². The van der Waals surface area contributed by atoms with Crippen LogP contribution in [0.2, 0.25) is 0 Å². The van der Waals surface area contributed by atoms with E-state index >= 15 is 0 Å². The number of hydrogen-bond donors (Lipinski definition) is 2. The lowest BCUT2D eigenvalue weighted by Crippen LogP contribution is -2.30. The number of carbonyl (C=O) groups excluding carboxylic acids is 2. The molecular formula is C20H21N3O2. The number of amides is 2. The highest BCUT2D eigenvalue weighted by Crippen LogP contribution is 2.18. The molecule has 128 valence electrons. The average Bonchev–Trinajstić information content (AvgIpc) is 2.68. The standard InChI is InChI=1S/C20H21N3O2/c24-19(16-4-2-1-3-5-16)22-14-15-6-8-17(9-7-15)20(25)23-18-10-12-21-13-11-18/h1-2,6-13,16H,3-5,14H2,(H,22,24)(H,21,23,25)/t16-/m0/s1. The zero-order valence-corrected chi connectivity index (χ0v) is 13.9. The summed E-state index contributed by atoms with van der Waals surface area (Å²) in [5, 5.41) is 5.79. The summed E-state index contributed by atoms with van der Waals surface area (Å²) in [5.74, 6) is 0.00930. The van der Waals surface area contributed by atoms with Gasteiger partial charge in [0.15, 0.2) is 0 Å². The molecule has 2 N–H and O–H groups in total. The molecule has 5 heteroatoms. The summed E-state index contributed by atoms with van der Waals surface area (Å²) in [7, 11) is 0. The SMILES string of the molecule is O=C(Nc1ccncc1)c1ccc(CNC(=O)[C@H]2CC=CCC2)cc1. The topological polar surface area (TPSA) is 71.1 Å². The molecule has 1 aromatic carbocycles. The zero-order chi connectivity index (χ0) is 17.5. The van der Waals surface area contributed by atoms with Crippen LogP contribution in [0.15, 0.2) is 60.9 Å². The molecule has 0 saturated heterocycles. The van der Waals surface area contributed by atoms with E-state index in [0.717, 1.165) is 24.8 Å². The number of nitrogens with zero attached hydrogens (tertiary/aromatic N) is 1. The number of benzene rings is 1. The zero-order valence-electron chi connectivity index (χ0n) is 13.9. The van der Waals surface area contributed by atoms with Gasteiger partial charge in [-0.15, -0.1) is 0 Å². The second kappa shape index (κ2) is 8.24. The van der Waals surface area contributed by atoms with Crippen LogP contribution in [-0.2, 0) is 11.3 Å². The van der Waals surface area contributed by atoms with Crippen molar-refractivity contribution in [2.75, 3.05) is 5.32 Å². The molecule has 0 saturated carbocycles. The minimum absolute atomic E-state index is 0.0791. The van der Waals surface area contributed by atoms with Crippen molar-refractivity contribution in [3.8, 4) is 0 Å². The molecule has 0 unspecified atom stereocenters. The molecule has 1 aliphatic carbocycles. The summed E-state index contributed by atoms with van der Waals surface area (Å²) in [6.07, 6.45) is 10.2. The van der Waals surface area contributed by atoms with Crippen molar-refractivity contribution >= 4 is 17.5 Å². The van der Waals surface area contributed by atoms with Gasteiger partial charge in [-0.1, -0.05) is 24.3 Å². The van der Waals surface area contributed by atoms with Crippen molar-refractivity contribution < 1.29 is 9.59 Å². The molecule has 0 spiro atoms. The number of aromatic nitrogens is 1. The van der Waals surface area contributed by atoms with Gasteiger partial charge in [-0.2, -0.15) is 0 Å². The van der Waals surface area contributed by atoms with Crippen LogP contribution in [0.4, 0.5) is 5.69 Å². The van der Waals surface area contributed by atoms with Gasteiger partial charge in [-0.3, -0.25) is 14.6 Å². The van der Waals surface area contributed by atoms with Crippen molar-refractivity contribution in [2.24, 2.45) is 5.92 Å². The molecule has 3 rings (SSSR count). The van der Waals surface area contributed by atoms with E-state index in [2.05, 4.69) is 27.8 Å². The highest BCUT2D eigenvalue weighted by atomic mass is 16.2. The van der Waals surface area contributed by atoms with Crippen LogP contribution < -0.4 is 10.6 Å². The van der Waals surface area contributed by atoms with Gasteiger partial charge >= 0.3 is 0 Å². The van der Waals surface area contributed by atoms with Crippen LogP contribution in [-0.4, -0.2) is 16.8 Å². The van der Waals surface area contributed by atoms with Crippen molar-refractivity contribution in [3.05, 3.63) is 72.1 Å². The Bertz CT molecular complexity index is 754. The second-order valence-electron chi connectivity index (χ2n) is 6.09. The molecule has 1 aromatic heterocycles. The van der Waals surface area contributed by atoms with Gasteiger partial charge in [0.05, 0.1) is 0 Å². The molecule has 0 fully saturated rings. The van der Waals surface area contributed by atoms with E-state index in [0.29, 0.717) is 17.8 Å². The van der Waals surface area contributed by atoms with Crippen LogP contribution in [0.1, 0.15) is 35.2 Å². The summed E-state index contributed by atoms with van der Waals surface area (Å²) in [6.45, 7) is 0.477. The van der Waals surface area contributed by atoms with Crippen LogP contribution in [0.25, 0.3) is 0 Å². The molecule has 0 radical (unpaired) electrons. The maximum atomic E-state index is 12.2. The molecule has 5 nitrogen and oxygen atoms in total. The van der Waals surface area contributed by atoms with Gasteiger partial charge in [-0.25, -0.2) is 0 Å². The molecule has 1 heterocycles. The third-order valence-corrected chi connectivity index (χ3v) is 4.26. The second-order valence-corrected chi connectivity index (χ2v) is 6.09. The lowest BCUT2D eigenvalue weighted by atomic mass is 9.93. The maximum absolute atomic E-state index is 12.2. The van der Waals surface area contributed by atoms with Crippen molar-refractivity contribution in [1.29, 1.82) is 0 Å². The van der Waals surface area contributed by atoms with Gasteiger partial charge in [0.2, 0.25) is 5.91 Å². The molecule has 2 amide bonds. The first-order valence-electron chi connectivity index (χ1n) is 8.45. The number of carbonyl (C=O) groups is 2.